The smallest absolute Gasteiger partial charge is 0.315 e. The molecule has 1 heterocycles. The molecule has 0 bridgehead atoms. The van der Waals surface area contributed by atoms with Crippen molar-refractivity contribution in [3.05, 3.63) is 28.7 Å². The molecule has 0 fully saturated rings. The highest BCUT2D eigenvalue weighted by Gasteiger charge is 2.25. The third-order valence-electron chi connectivity index (χ3n) is 2.87. The number of amides is 2. The average molecular weight is 281 g/mol. The zero-order valence-electron chi connectivity index (χ0n) is 10.2. The molecular formula is C12H15N3O3S. The number of carbonyl (C=O) groups is 2. The first kappa shape index (κ1) is 13.5. The molecule has 0 radical (unpaired) electrons. The predicted molar refractivity (Wildman–Crippen MR) is 71.0 cm³/mol. The number of nitrogens with zero attached hydrogens (tertiary/aromatic N) is 1. The molecule has 0 aliphatic heterocycles. The van der Waals surface area contributed by atoms with Gasteiger partial charge < -0.3 is 15.7 Å². The molecule has 0 saturated carbocycles. The van der Waals surface area contributed by atoms with Gasteiger partial charge in [0.2, 0.25) is 0 Å². The van der Waals surface area contributed by atoms with Crippen LogP contribution in [0.5, 0.6) is 0 Å². The van der Waals surface area contributed by atoms with Crippen LogP contribution in [0.2, 0.25) is 0 Å². The number of urea groups is 1. The summed E-state index contributed by atoms with van der Waals surface area (Å²) in [7, 11) is 0. The minimum absolute atomic E-state index is 0.208. The van der Waals surface area contributed by atoms with E-state index in [0.29, 0.717) is 19.4 Å². The molecule has 0 spiro atoms. The van der Waals surface area contributed by atoms with Gasteiger partial charge in [-0.25, -0.2) is 9.78 Å². The molecule has 2 rings (SSSR count). The van der Waals surface area contributed by atoms with Gasteiger partial charge in [0.1, 0.15) is 0 Å². The Morgan fingerprint density at radius 1 is 1.47 bits per heavy atom. The second-order valence-corrected chi connectivity index (χ2v) is 5.02. The van der Waals surface area contributed by atoms with Crippen molar-refractivity contribution in [3.8, 4) is 0 Å². The summed E-state index contributed by atoms with van der Waals surface area (Å²) in [5.74, 6) is -1.36. The van der Waals surface area contributed by atoms with Crippen molar-refractivity contribution < 1.29 is 14.7 Å². The summed E-state index contributed by atoms with van der Waals surface area (Å²) in [6.07, 6.45) is 4.44. The summed E-state index contributed by atoms with van der Waals surface area (Å²) >= 11 is 1.52. The Kier molecular flexibility index (Phi) is 4.51. The number of carboxylic acid groups (broad SMARTS) is 1. The summed E-state index contributed by atoms with van der Waals surface area (Å²) in [6.45, 7) is 0.508. The van der Waals surface area contributed by atoms with Crippen LogP contribution in [-0.4, -0.2) is 34.7 Å². The normalized spacial score (nSPS) is 21.3. The average Bonchev–Trinajstić information content (AvgIpc) is 3.00. The second kappa shape index (κ2) is 6.33. The van der Waals surface area contributed by atoms with Gasteiger partial charge in [0.15, 0.2) is 0 Å². The Labute approximate surface area is 114 Å². The van der Waals surface area contributed by atoms with E-state index in [2.05, 4.69) is 15.6 Å². The van der Waals surface area contributed by atoms with E-state index < -0.39 is 11.9 Å². The molecule has 2 amide bonds. The molecule has 6 nitrogen and oxygen atoms in total. The molecule has 3 N–H and O–H groups in total. The zero-order valence-corrected chi connectivity index (χ0v) is 11.0. The first-order chi connectivity index (χ1) is 9.15. The van der Waals surface area contributed by atoms with Crippen LogP contribution in [0.25, 0.3) is 0 Å². The summed E-state index contributed by atoms with van der Waals surface area (Å²) in [6, 6.07) is -0.490. The topological polar surface area (TPSA) is 91.3 Å². The quantitative estimate of drug-likeness (QED) is 0.703. The lowest BCUT2D eigenvalue weighted by atomic mass is 10.1. The first-order valence-electron chi connectivity index (χ1n) is 5.97. The first-order valence-corrected chi connectivity index (χ1v) is 6.92. The van der Waals surface area contributed by atoms with Crippen LogP contribution in [0.1, 0.15) is 12.1 Å². The van der Waals surface area contributed by atoms with Crippen LogP contribution >= 0.6 is 11.3 Å². The fraction of sp³-hybridized carbons (Fsp3) is 0.417. The highest BCUT2D eigenvalue weighted by Crippen LogP contribution is 2.17. The number of carboxylic acids is 1. The van der Waals surface area contributed by atoms with E-state index in [1.165, 1.54) is 11.3 Å². The van der Waals surface area contributed by atoms with Crippen molar-refractivity contribution in [2.45, 2.75) is 18.9 Å². The van der Waals surface area contributed by atoms with E-state index in [9.17, 15) is 9.59 Å². The molecule has 1 aliphatic rings. The van der Waals surface area contributed by atoms with Crippen LogP contribution in [0.4, 0.5) is 4.79 Å². The van der Waals surface area contributed by atoms with E-state index in [-0.39, 0.29) is 12.1 Å². The molecule has 19 heavy (non-hydrogen) atoms. The number of aromatic nitrogens is 1. The van der Waals surface area contributed by atoms with Gasteiger partial charge in [0.25, 0.3) is 0 Å². The van der Waals surface area contributed by atoms with Crippen molar-refractivity contribution in [1.29, 1.82) is 0 Å². The molecule has 1 aromatic heterocycles. The number of rotatable bonds is 5. The van der Waals surface area contributed by atoms with Crippen LogP contribution in [0, 0.1) is 5.92 Å². The minimum atomic E-state index is -0.857. The molecule has 7 heteroatoms. The lowest BCUT2D eigenvalue weighted by molar-refractivity contribution is -0.140. The molecule has 0 aromatic carbocycles. The maximum absolute atomic E-state index is 11.6. The van der Waals surface area contributed by atoms with Gasteiger partial charge in [-0.2, -0.15) is 0 Å². The summed E-state index contributed by atoms with van der Waals surface area (Å²) in [5, 5.41) is 16.2. The highest BCUT2D eigenvalue weighted by atomic mass is 32.1. The largest absolute Gasteiger partial charge is 0.481 e. The van der Waals surface area contributed by atoms with E-state index in [1.54, 1.807) is 17.7 Å². The Hall–Kier alpha value is -1.89. The van der Waals surface area contributed by atoms with Gasteiger partial charge in [-0.05, 0) is 6.42 Å². The van der Waals surface area contributed by atoms with Gasteiger partial charge in [-0.15, -0.1) is 11.3 Å². The van der Waals surface area contributed by atoms with E-state index in [0.717, 1.165) is 5.69 Å². The Balaban J connectivity index is 1.65. The van der Waals surface area contributed by atoms with E-state index in [1.807, 2.05) is 5.38 Å². The Bertz CT molecular complexity index is 473. The maximum Gasteiger partial charge on any atom is 0.315 e. The number of hydrogen-bond acceptors (Lipinski definition) is 4. The summed E-state index contributed by atoms with van der Waals surface area (Å²) in [5.41, 5.74) is 2.71. The van der Waals surface area contributed by atoms with Crippen molar-refractivity contribution in [2.75, 3.05) is 6.54 Å². The lowest BCUT2D eigenvalue weighted by Crippen LogP contribution is -2.41. The molecule has 1 aromatic rings. The van der Waals surface area contributed by atoms with Crippen LogP contribution in [0.3, 0.4) is 0 Å². The van der Waals surface area contributed by atoms with Crippen LogP contribution in [-0.2, 0) is 11.2 Å². The number of hydrogen-bond donors (Lipinski definition) is 3. The standard InChI is InChI=1S/C12H15N3O3S/c16-11(17)8-1-2-9(5-8)15-12(18)13-4-3-10-6-19-7-14-10/h1-2,6-9H,3-5H2,(H,16,17)(H2,13,15,18). The number of thiazole rings is 1. The van der Waals surface area contributed by atoms with Gasteiger partial charge in [0, 0.05) is 18.3 Å². The Morgan fingerprint density at radius 2 is 2.32 bits per heavy atom. The highest BCUT2D eigenvalue weighted by molar-refractivity contribution is 7.07. The Morgan fingerprint density at radius 3 is 2.95 bits per heavy atom. The second-order valence-electron chi connectivity index (χ2n) is 4.30. The molecular weight excluding hydrogens is 266 g/mol. The molecule has 0 saturated heterocycles. The zero-order chi connectivity index (χ0) is 13.7. The predicted octanol–water partition coefficient (Wildman–Crippen LogP) is 1.01. The number of aliphatic carboxylic acids is 1. The van der Waals surface area contributed by atoms with Crippen molar-refractivity contribution >= 4 is 23.3 Å². The van der Waals surface area contributed by atoms with Gasteiger partial charge in [-0.3, -0.25) is 4.79 Å². The van der Waals surface area contributed by atoms with Gasteiger partial charge >= 0.3 is 12.0 Å². The lowest BCUT2D eigenvalue weighted by Gasteiger charge is -2.12. The molecule has 102 valence electrons. The van der Waals surface area contributed by atoms with Crippen LogP contribution in [0.15, 0.2) is 23.0 Å². The van der Waals surface area contributed by atoms with Gasteiger partial charge in [0.05, 0.1) is 23.2 Å². The third-order valence-corrected chi connectivity index (χ3v) is 3.50. The summed E-state index contributed by atoms with van der Waals surface area (Å²) < 4.78 is 0. The number of nitrogens with one attached hydrogen (secondary N) is 2. The fourth-order valence-corrected chi connectivity index (χ4v) is 2.47. The molecule has 1 aliphatic carbocycles. The fourth-order valence-electron chi connectivity index (χ4n) is 1.87. The summed E-state index contributed by atoms with van der Waals surface area (Å²) in [4.78, 5) is 26.4. The monoisotopic (exact) mass is 281 g/mol. The van der Waals surface area contributed by atoms with E-state index in [4.69, 9.17) is 5.11 Å². The van der Waals surface area contributed by atoms with Crippen molar-refractivity contribution in [2.24, 2.45) is 5.92 Å². The van der Waals surface area contributed by atoms with Crippen molar-refractivity contribution in [1.82, 2.24) is 15.6 Å². The third kappa shape index (κ3) is 4.06. The number of carbonyl (C=O) groups excluding carboxylic acids is 1. The van der Waals surface area contributed by atoms with E-state index >= 15 is 0 Å². The maximum atomic E-state index is 11.6. The molecule has 2 atom stereocenters. The van der Waals surface area contributed by atoms with Gasteiger partial charge in [-0.1, -0.05) is 12.2 Å². The molecule has 2 unspecified atom stereocenters. The van der Waals surface area contributed by atoms with Crippen molar-refractivity contribution in [3.63, 3.8) is 0 Å². The SMILES string of the molecule is O=C(NCCc1cscn1)NC1C=CC(C(=O)O)C1. The van der Waals surface area contributed by atoms with Crippen LogP contribution < -0.4 is 10.6 Å². The minimum Gasteiger partial charge on any atom is -0.481 e.